The Bertz CT molecular complexity index is 609. The predicted molar refractivity (Wildman–Crippen MR) is 79.6 cm³/mol. The van der Waals surface area contributed by atoms with Crippen molar-refractivity contribution in [2.24, 2.45) is 0 Å². The Morgan fingerprint density at radius 3 is 2.75 bits per heavy atom. The van der Waals surface area contributed by atoms with E-state index in [0.717, 1.165) is 5.39 Å². The largest absolute Gasteiger partial charge is 0.483 e. The Hall–Kier alpha value is -2.30. The van der Waals surface area contributed by atoms with E-state index in [9.17, 15) is 4.79 Å². The first kappa shape index (κ1) is 14.1. The zero-order chi connectivity index (χ0) is 14.5. The Morgan fingerprint density at radius 1 is 1.30 bits per heavy atom. The molecule has 5 nitrogen and oxygen atoms in total. The first-order valence-electron chi connectivity index (χ1n) is 6.71. The molecule has 0 aliphatic heterocycles. The van der Waals surface area contributed by atoms with Crippen molar-refractivity contribution < 1.29 is 9.53 Å². The number of pyridine rings is 1. The van der Waals surface area contributed by atoms with Crippen molar-refractivity contribution in [1.29, 1.82) is 0 Å². The molecule has 2 rings (SSSR count). The molecular formula is C15H19N3O2. The summed E-state index contributed by atoms with van der Waals surface area (Å²) in [5, 5.41) is 0.819. The topological polar surface area (TPSA) is 68.5 Å². The van der Waals surface area contributed by atoms with Crippen LogP contribution in [0.3, 0.4) is 0 Å². The molecule has 0 atom stereocenters. The van der Waals surface area contributed by atoms with E-state index < -0.39 is 0 Å². The van der Waals surface area contributed by atoms with E-state index in [-0.39, 0.29) is 12.5 Å². The SMILES string of the molecule is CCN(CC)C(=O)COc1ccc(N)c2ncccc12. The second kappa shape index (κ2) is 6.23. The number of nitrogens with zero attached hydrogens (tertiary/aromatic N) is 2. The molecule has 0 saturated heterocycles. The normalized spacial score (nSPS) is 10.5. The third kappa shape index (κ3) is 2.82. The van der Waals surface area contributed by atoms with E-state index in [0.29, 0.717) is 30.0 Å². The maximum Gasteiger partial charge on any atom is 0.260 e. The summed E-state index contributed by atoms with van der Waals surface area (Å²) in [6, 6.07) is 7.22. The molecule has 0 radical (unpaired) electrons. The number of anilines is 1. The van der Waals surface area contributed by atoms with Gasteiger partial charge in [0.2, 0.25) is 0 Å². The van der Waals surface area contributed by atoms with E-state index >= 15 is 0 Å². The van der Waals surface area contributed by atoms with Crippen LogP contribution in [0.5, 0.6) is 5.75 Å². The molecule has 5 heteroatoms. The Balaban J connectivity index is 2.19. The van der Waals surface area contributed by atoms with Crippen LogP contribution in [0, 0.1) is 0 Å². The zero-order valence-corrected chi connectivity index (χ0v) is 11.8. The summed E-state index contributed by atoms with van der Waals surface area (Å²) in [6.07, 6.45) is 1.68. The average Bonchev–Trinajstić information content (AvgIpc) is 2.48. The van der Waals surface area contributed by atoms with Crippen molar-refractivity contribution in [2.75, 3.05) is 25.4 Å². The monoisotopic (exact) mass is 273 g/mol. The second-order valence-electron chi connectivity index (χ2n) is 4.41. The molecule has 0 saturated carbocycles. The van der Waals surface area contributed by atoms with Gasteiger partial charge in [0, 0.05) is 24.7 Å². The fourth-order valence-electron chi connectivity index (χ4n) is 2.10. The maximum atomic E-state index is 11.9. The number of fused-ring (bicyclic) bond motifs is 1. The van der Waals surface area contributed by atoms with Gasteiger partial charge in [-0.2, -0.15) is 0 Å². The highest BCUT2D eigenvalue weighted by Gasteiger charge is 2.12. The van der Waals surface area contributed by atoms with Crippen LogP contribution in [0.15, 0.2) is 30.5 Å². The zero-order valence-electron chi connectivity index (χ0n) is 11.8. The van der Waals surface area contributed by atoms with E-state index in [4.69, 9.17) is 10.5 Å². The van der Waals surface area contributed by atoms with Gasteiger partial charge >= 0.3 is 0 Å². The van der Waals surface area contributed by atoms with Crippen LogP contribution in [-0.2, 0) is 4.79 Å². The Morgan fingerprint density at radius 2 is 2.05 bits per heavy atom. The first-order valence-corrected chi connectivity index (χ1v) is 6.71. The molecule has 106 valence electrons. The summed E-state index contributed by atoms with van der Waals surface area (Å²) >= 11 is 0. The number of hydrogen-bond acceptors (Lipinski definition) is 4. The summed E-state index contributed by atoms with van der Waals surface area (Å²) in [5.41, 5.74) is 7.17. The fraction of sp³-hybridized carbons (Fsp3) is 0.333. The molecular weight excluding hydrogens is 254 g/mol. The number of rotatable bonds is 5. The number of nitrogen functional groups attached to an aromatic ring is 1. The van der Waals surface area contributed by atoms with Gasteiger partial charge in [-0.3, -0.25) is 9.78 Å². The van der Waals surface area contributed by atoms with Crippen molar-refractivity contribution in [3.8, 4) is 5.75 Å². The number of carbonyl (C=O) groups is 1. The smallest absolute Gasteiger partial charge is 0.260 e. The number of benzene rings is 1. The molecule has 0 aliphatic rings. The fourth-order valence-corrected chi connectivity index (χ4v) is 2.10. The van der Waals surface area contributed by atoms with Crippen molar-refractivity contribution in [3.63, 3.8) is 0 Å². The molecule has 20 heavy (non-hydrogen) atoms. The van der Waals surface area contributed by atoms with Crippen molar-refractivity contribution in [1.82, 2.24) is 9.88 Å². The van der Waals surface area contributed by atoms with Gasteiger partial charge in [-0.1, -0.05) is 0 Å². The van der Waals surface area contributed by atoms with Crippen LogP contribution >= 0.6 is 0 Å². The molecule has 1 aromatic carbocycles. The highest BCUT2D eigenvalue weighted by molar-refractivity contribution is 5.94. The number of hydrogen-bond donors (Lipinski definition) is 1. The number of carbonyl (C=O) groups excluding carboxylic acids is 1. The first-order chi connectivity index (χ1) is 9.67. The quantitative estimate of drug-likeness (QED) is 0.847. The van der Waals surface area contributed by atoms with Crippen LogP contribution in [0.2, 0.25) is 0 Å². The second-order valence-corrected chi connectivity index (χ2v) is 4.41. The third-order valence-corrected chi connectivity index (χ3v) is 3.23. The lowest BCUT2D eigenvalue weighted by Crippen LogP contribution is -2.34. The number of likely N-dealkylation sites (N-methyl/N-ethyl adjacent to an activating group) is 1. The molecule has 1 heterocycles. The molecule has 2 aromatic rings. The van der Waals surface area contributed by atoms with Gasteiger partial charge in [-0.15, -0.1) is 0 Å². The lowest BCUT2D eigenvalue weighted by Gasteiger charge is -2.19. The van der Waals surface area contributed by atoms with E-state index in [1.807, 2.05) is 26.0 Å². The van der Waals surface area contributed by atoms with Crippen LogP contribution in [0.25, 0.3) is 10.9 Å². The van der Waals surface area contributed by atoms with Crippen molar-refractivity contribution in [3.05, 3.63) is 30.5 Å². The van der Waals surface area contributed by atoms with Gasteiger partial charge in [0.15, 0.2) is 6.61 Å². The molecule has 0 fully saturated rings. The van der Waals surface area contributed by atoms with Crippen LogP contribution in [-0.4, -0.2) is 35.5 Å². The number of amides is 1. The molecule has 0 bridgehead atoms. The van der Waals surface area contributed by atoms with E-state index in [1.54, 1.807) is 23.2 Å². The summed E-state index contributed by atoms with van der Waals surface area (Å²) in [4.78, 5) is 17.9. The van der Waals surface area contributed by atoms with Gasteiger partial charge in [-0.25, -0.2) is 0 Å². The van der Waals surface area contributed by atoms with E-state index in [1.165, 1.54) is 0 Å². The predicted octanol–water partition coefficient (Wildman–Crippen LogP) is 2.06. The van der Waals surface area contributed by atoms with Gasteiger partial charge in [0.05, 0.1) is 11.2 Å². The van der Waals surface area contributed by atoms with Crippen LogP contribution in [0.1, 0.15) is 13.8 Å². The standard InChI is InChI=1S/C15H19N3O2/c1-3-18(4-2)14(19)10-20-13-8-7-12(16)15-11(13)6-5-9-17-15/h5-9H,3-4,10,16H2,1-2H3. The number of aromatic nitrogens is 1. The molecule has 2 N–H and O–H groups in total. The van der Waals surface area contributed by atoms with Gasteiger partial charge in [0.25, 0.3) is 5.91 Å². The summed E-state index contributed by atoms with van der Waals surface area (Å²) in [7, 11) is 0. The lowest BCUT2D eigenvalue weighted by atomic mass is 10.2. The van der Waals surface area contributed by atoms with Crippen molar-refractivity contribution in [2.45, 2.75) is 13.8 Å². The van der Waals surface area contributed by atoms with Crippen molar-refractivity contribution >= 4 is 22.5 Å². The van der Waals surface area contributed by atoms with Gasteiger partial charge in [-0.05, 0) is 38.1 Å². The minimum absolute atomic E-state index is 0.0234. The van der Waals surface area contributed by atoms with Crippen LogP contribution < -0.4 is 10.5 Å². The van der Waals surface area contributed by atoms with Crippen LogP contribution in [0.4, 0.5) is 5.69 Å². The molecule has 1 amide bonds. The Kier molecular flexibility index (Phi) is 4.40. The minimum Gasteiger partial charge on any atom is -0.483 e. The van der Waals surface area contributed by atoms with Gasteiger partial charge < -0.3 is 15.4 Å². The maximum absolute atomic E-state index is 11.9. The molecule has 1 aromatic heterocycles. The average molecular weight is 273 g/mol. The minimum atomic E-state index is -0.0242. The number of ether oxygens (including phenoxy) is 1. The molecule has 0 aliphatic carbocycles. The van der Waals surface area contributed by atoms with E-state index in [2.05, 4.69) is 4.98 Å². The molecule has 0 spiro atoms. The number of nitrogens with two attached hydrogens (primary N) is 1. The lowest BCUT2D eigenvalue weighted by molar-refractivity contribution is -0.132. The van der Waals surface area contributed by atoms with Gasteiger partial charge in [0.1, 0.15) is 5.75 Å². The highest BCUT2D eigenvalue weighted by Crippen LogP contribution is 2.28. The summed E-state index contributed by atoms with van der Waals surface area (Å²) in [5.74, 6) is 0.603. The summed E-state index contributed by atoms with van der Waals surface area (Å²) < 4.78 is 5.63. The Labute approximate surface area is 118 Å². The highest BCUT2D eigenvalue weighted by atomic mass is 16.5. The summed E-state index contributed by atoms with van der Waals surface area (Å²) in [6.45, 7) is 5.29. The third-order valence-electron chi connectivity index (χ3n) is 3.23. The molecule has 0 unspecified atom stereocenters.